The molecule has 1 aromatic heterocycles. The molecule has 2 rings (SSSR count). The van der Waals surface area contributed by atoms with Gasteiger partial charge in [0.05, 0.1) is 19.3 Å². The Labute approximate surface area is 184 Å². The molecule has 1 aromatic carbocycles. The monoisotopic (exact) mass is 427 g/mol. The molecule has 1 amide bonds. The average molecular weight is 428 g/mol. The minimum atomic E-state index is -0.111. The predicted octanol–water partition coefficient (Wildman–Crippen LogP) is 3.44. The van der Waals surface area contributed by atoms with Crippen molar-refractivity contribution in [2.45, 2.75) is 40.2 Å². The summed E-state index contributed by atoms with van der Waals surface area (Å²) in [4.78, 5) is 20.5. The summed E-state index contributed by atoms with van der Waals surface area (Å²) in [6.45, 7) is 9.46. The molecule has 0 bridgehead atoms. The summed E-state index contributed by atoms with van der Waals surface area (Å²) in [7, 11) is 1.70. The molecule has 2 aromatic rings. The summed E-state index contributed by atoms with van der Waals surface area (Å²) >= 11 is 0. The zero-order chi connectivity index (χ0) is 22.6. The Bertz CT molecular complexity index is 868. The zero-order valence-electron chi connectivity index (χ0n) is 19.0. The van der Waals surface area contributed by atoms with Gasteiger partial charge in [-0.15, -0.1) is 0 Å². The van der Waals surface area contributed by atoms with Gasteiger partial charge in [-0.2, -0.15) is 0 Å². The van der Waals surface area contributed by atoms with Gasteiger partial charge in [0.2, 0.25) is 5.91 Å². The fraction of sp³-hybridized carbons (Fsp3) is 0.435. The van der Waals surface area contributed by atoms with Crippen molar-refractivity contribution in [2.24, 2.45) is 4.99 Å². The van der Waals surface area contributed by atoms with E-state index in [9.17, 15) is 4.79 Å². The van der Waals surface area contributed by atoms with Crippen molar-refractivity contribution in [3.63, 3.8) is 0 Å². The topological polar surface area (TPSA) is 96.9 Å². The molecule has 168 valence electrons. The number of carbonyl (C=O) groups is 1. The van der Waals surface area contributed by atoms with Crippen LogP contribution in [0.5, 0.6) is 11.5 Å². The van der Waals surface area contributed by atoms with Gasteiger partial charge in [-0.05, 0) is 57.0 Å². The second-order valence-corrected chi connectivity index (χ2v) is 6.96. The van der Waals surface area contributed by atoms with Gasteiger partial charge in [-0.25, -0.2) is 4.98 Å². The van der Waals surface area contributed by atoms with Crippen LogP contribution >= 0.6 is 0 Å². The second kappa shape index (κ2) is 12.4. The Hall–Kier alpha value is -3.29. The van der Waals surface area contributed by atoms with Crippen LogP contribution in [0.15, 0.2) is 41.5 Å². The van der Waals surface area contributed by atoms with E-state index < -0.39 is 0 Å². The van der Waals surface area contributed by atoms with E-state index in [-0.39, 0.29) is 11.9 Å². The Morgan fingerprint density at radius 1 is 1.13 bits per heavy atom. The van der Waals surface area contributed by atoms with Crippen molar-refractivity contribution in [3.8, 4) is 11.5 Å². The fourth-order valence-corrected chi connectivity index (χ4v) is 2.86. The number of nitrogens with zero attached hydrogens (tertiary/aromatic N) is 2. The summed E-state index contributed by atoms with van der Waals surface area (Å²) in [6.07, 6.45) is 2.01. The van der Waals surface area contributed by atoms with Gasteiger partial charge >= 0.3 is 0 Å². The van der Waals surface area contributed by atoms with Crippen LogP contribution in [-0.2, 0) is 4.79 Å². The molecule has 0 saturated carbocycles. The summed E-state index contributed by atoms with van der Waals surface area (Å²) in [5.74, 6) is 2.50. The highest BCUT2D eigenvalue weighted by Crippen LogP contribution is 2.30. The number of benzene rings is 1. The van der Waals surface area contributed by atoms with Gasteiger partial charge in [0, 0.05) is 26.2 Å². The number of hydrogen-bond donors (Lipinski definition) is 3. The Kier molecular flexibility index (Phi) is 9.61. The fourth-order valence-electron chi connectivity index (χ4n) is 2.86. The Morgan fingerprint density at radius 2 is 1.87 bits per heavy atom. The molecule has 3 N–H and O–H groups in total. The number of aromatic nitrogens is 1. The van der Waals surface area contributed by atoms with E-state index in [0.717, 1.165) is 22.6 Å². The normalized spacial score (nSPS) is 12.1. The molecule has 8 nitrogen and oxygen atoms in total. The lowest BCUT2D eigenvalue weighted by Crippen LogP contribution is -2.39. The molecule has 1 heterocycles. The van der Waals surface area contributed by atoms with E-state index in [4.69, 9.17) is 9.47 Å². The SMILES string of the molecule is CCOc1ccc(C(C)NC(=NC)NCCC(=O)Nc2ccc(C)cn2)cc1OCC. The Balaban J connectivity index is 1.87. The average Bonchev–Trinajstić information content (AvgIpc) is 2.76. The van der Waals surface area contributed by atoms with Gasteiger partial charge in [-0.3, -0.25) is 9.79 Å². The largest absolute Gasteiger partial charge is 0.490 e. The number of nitrogens with one attached hydrogen (secondary N) is 3. The number of anilines is 1. The maximum absolute atomic E-state index is 12.1. The molecule has 1 unspecified atom stereocenters. The number of aryl methyl sites for hydroxylation is 1. The van der Waals surface area contributed by atoms with Gasteiger partial charge in [0.15, 0.2) is 17.5 Å². The van der Waals surface area contributed by atoms with E-state index in [0.29, 0.717) is 38.0 Å². The lowest BCUT2D eigenvalue weighted by atomic mass is 10.1. The summed E-state index contributed by atoms with van der Waals surface area (Å²) in [6, 6.07) is 9.57. The van der Waals surface area contributed by atoms with Crippen molar-refractivity contribution in [3.05, 3.63) is 47.7 Å². The van der Waals surface area contributed by atoms with Crippen LogP contribution in [-0.4, -0.2) is 43.7 Å². The lowest BCUT2D eigenvalue weighted by Gasteiger charge is -2.20. The lowest BCUT2D eigenvalue weighted by molar-refractivity contribution is -0.116. The van der Waals surface area contributed by atoms with Crippen LogP contribution in [0.3, 0.4) is 0 Å². The summed E-state index contributed by atoms with van der Waals surface area (Å²) in [5, 5.41) is 9.29. The number of aliphatic imine (C=N–C) groups is 1. The first-order chi connectivity index (χ1) is 15.0. The van der Waals surface area contributed by atoms with Gasteiger partial charge in [-0.1, -0.05) is 12.1 Å². The van der Waals surface area contributed by atoms with Crippen molar-refractivity contribution in [1.29, 1.82) is 0 Å². The third-order valence-corrected chi connectivity index (χ3v) is 4.47. The third kappa shape index (κ3) is 7.81. The summed E-state index contributed by atoms with van der Waals surface area (Å²) < 4.78 is 11.3. The Morgan fingerprint density at radius 3 is 2.52 bits per heavy atom. The molecular formula is C23H33N5O3. The first-order valence-electron chi connectivity index (χ1n) is 10.6. The van der Waals surface area contributed by atoms with Gasteiger partial charge in [0.25, 0.3) is 0 Å². The molecule has 0 saturated heterocycles. The van der Waals surface area contributed by atoms with E-state index in [1.807, 2.05) is 52.0 Å². The highest BCUT2D eigenvalue weighted by atomic mass is 16.5. The van der Waals surface area contributed by atoms with Crippen molar-refractivity contribution in [1.82, 2.24) is 15.6 Å². The van der Waals surface area contributed by atoms with Crippen LogP contribution in [0.25, 0.3) is 0 Å². The predicted molar refractivity (Wildman–Crippen MR) is 124 cm³/mol. The number of ether oxygens (including phenoxy) is 2. The zero-order valence-corrected chi connectivity index (χ0v) is 19.0. The number of hydrogen-bond acceptors (Lipinski definition) is 5. The number of amides is 1. The minimum Gasteiger partial charge on any atom is -0.490 e. The molecule has 0 aliphatic rings. The maximum atomic E-state index is 12.1. The second-order valence-electron chi connectivity index (χ2n) is 6.96. The number of pyridine rings is 1. The van der Waals surface area contributed by atoms with E-state index >= 15 is 0 Å². The molecule has 0 radical (unpaired) electrons. The molecule has 0 aliphatic heterocycles. The molecule has 0 fully saturated rings. The van der Waals surface area contributed by atoms with E-state index in [1.165, 1.54) is 0 Å². The molecule has 31 heavy (non-hydrogen) atoms. The number of guanidine groups is 1. The highest BCUT2D eigenvalue weighted by molar-refractivity contribution is 5.90. The third-order valence-electron chi connectivity index (χ3n) is 4.47. The van der Waals surface area contributed by atoms with Crippen LogP contribution in [0.1, 0.15) is 44.4 Å². The quantitative estimate of drug-likeness (QED) is 0.397. The van der Waals surface area contributed by atoms with E-state index in [2.05, 4.69) is 25.9 Å². The molecule has 1 atom stereocenters. The number of carbonyl (C=O) groups excluding carboxylic acids is 1. The van der Waals surface area contributed by atoms with Gasteiger partial charge < -0.3 is 25.4 Å². The van der Waals surface area contributed by atoms with Crippen LogP contribution in [0.4, 0.5) is 5.82 Å². The molecular weight excluding hydrogens is 394 g/mol. The molecule has 0 spiro atoms. The van der Waals surface area contributed by atoms with Crippen molar-refractivity contribution in [2.75, 3.05) is 32.1 Å². The number of rotatable bonds is 10. The van der Waals surface area contributed by atoms with Crippen molar-refractivity contribution >= 4 is 17.7 Å². The van der Waals surface area contributed by atoms with Crippen LogP contribution < -0.4 is 25.4 Å². The first-order valence-corrected chi connectivity index (χ1v) is 10.6. The summed E-state index contributed by atoms with van der Waals surface area (Å²) in [5.41, 5.74) is 2.09. The maximum Gasteiger partial charge on any atom is 0.227 e. The standard InChI is InChI=1S/C23H33N5O3/c1-6-30-19-10-9-18(14-20(19)31-7-2)17(4)27-23(24-5)25-13-12-22(29)28-21-11-8-16(3)15-26-21/h8-11,14-15,17H,6-7,12-13H2,1-5H3,(H2,24,25,27)(H,26,28,29). The highest BCUT2D eigenvalue weighted by Gasteiger charge is 2.13. The van der Waals surface area contributed by atoms with Crippen LogP contribution in [0, 0.1) is 6.92 Å². The molecule has 0 aliphatic carbocycles. The van der Waals surface area contributed by atoms with Crippen molar-refractivity contribution < 1.29 is 14.3 Å². The van der Waals surface area contributed by atoms with Crippen LogP contribution in [0.2, 0.25) is 0 Å². The van der Waals surface area contributed by atoms with Gasteiger partial charge in [0.1, 0.15) is 5.82 Å². The van der Waals surface area contributed by atoms with E-state index in [1.54, 1.807) is 19.3 Å². The minimum absolute atomic E-state index is 0.0216. The first kappa shape index (κ1) is 24.0. The smallest absolute Gasteiger partial charge is 0.227 e. The molecule has 8 heteroatoms.